The Balaban J connectivity index is 1.84. The third-order valence-electron chi connectivity index (χ3n) is 5.25. The van der Waals surface area contributed by atoms with Crippen molar-refractivity contribution >= 4 is 16.7 Å². The average molecular weight is 305 g/mol. The molecule has 0 saturated carbocycles. The van der Waals surface area contributed by atoms with Crippen molar-refractivity contribution in [2.24, 2.45) is 7.05 Å². The van der Waals surface area contributed by atoms with Crippen molar-refractivity contribution in [3.8, 4) is 0 Å². The summed E-state index contributed by atoms with van der Waals surface area (Å²) in [6, 6.07) is 10.9. The number of aromatic nitrogens is 2. The summed E-state index contributed by atoms with van der Waals surface area (Å²) in [7, 11) is 2.18. The van der Waals surface area contributed by atoms with E-state index >= 15 is 0 Å². The van der Waals surface area contributed by atoms with E-state index < -0.39 is 0 Å². The second-order valence-corrected chi connectivity index (χ2v) is 6.46. The molecular formula is C20H23N3. The van der Waals surface area contributed by atoms with Gasteiger partial charge in [-0.15, -0.1) is 0 Å². The first-order valence-corrected chi connectivity index (χ1v) is 8.45. The van der Waals surface area contributed by atoms with E-state index in [2.05, 4.69) is 60.7 Å². The van der Waals surface area contributed by atoms with Gasteiger partial charge in [0.2, 0.25) is 0 Å². The maximum atomic E-state index is 4.76. The minimum Gasteiger partial charge on any atom is -0.350 e. The zero-order valence-electron chi connectivity index (χ0n) is 14.1. The molecule has 3 heteroatoms. The van der Waals surface area contributed by atoms with Crippen LogP contribution >= 0.6 is 0 Å². The number of nitrogens with zero attached hydrogens (tertiary/aromatic N) is 3. The van der Waals surface area contributed by atoms with Crippen LogP contribution in [-0.2, 0) is 26.4 Å². The van der Waals surface area contributed by atoms with Gasteiger partial charge in [-0.1, -0.05) is 31.2 Å². The largest absolute Gasteiger partial charge is 0.350 e. The standard InChI is InChI=1S/C20H23N3/c1-4-18-14(2)17-9-11-21-20(19(17)22(18)3)23-12-10-15-7-5-6-8-16(15)13-23/h5-9,11H,4,10,12-13H2,1-3H3. The van der Waals surface area contributed by atoms with Crippen LogP contribution in [0.5, 0.6) is 0 Å². The Hall–Kier alpha value is -2.29. The van der Waals surface area contributed by atoms with Crippen LogP contribution in [0.4, 0.5) is 5.82 Å². The summed E-state index contributed by atoms with van der Waals surface area (Å²) >= 11 is 0. The number of rotatable bonds is 2. The van der Waals surface area contributed by atoms with Gasteiger partial charge in [-0.2, -0.15) is 0 Å². The highest BCUT2D eigenvalue weighted by molar-refractivity contribution is 5.93. The predicted octanol–water partition coefficient (Wildman–Crippen LogP) is 4.01. The average Bonchev–Trinajstić information content (AvgIpc) is 2.85. The second kappa shape index (κ2) is 5.41. The lowest BCUT2D eigenvalue weighted by atomic mass is 10.00. The first-order chi connectivity index (χ1) is 11.2. The summed E-state index contributed by atoms with van der Waals surface area (Å²) in [5.41, 5.74) is 6.99. The smallest absolute Gasteiger partial charge is 0.153 e. The molecule has 4 rings (SSSR count). The van der Waals surface area contributed by atoms with Crippen LogP contribution in [-0.4, -0.2) is 16.1 Å². The van der Waals surface area contributed by atoms with E-state index in [0.717, 1.165) is 31.7 Å². The second-order valence-electron chi connectivity index (χ2n) is 6.46. The molecule has 0 spiro atoms. The molecule has 1 aliphatic rings. The molecule has 23 heavy (non-hydrogen) atoms. The Bertz CT molecular complexity index is 876. The Morgan fingerprint density at radius 3 is 2.70 bits per heavy atom. The normalized spacial score (nSPS) is 14.3. The third-order valence-corrected chi connectivity index (χ3v) is 5.25. The molecule has 0 radical (unpaired) electrons. The third kappa shape index (κ3) is 2.14. The van der Waals surface area contributed by atoms with Gasteiger partial charge in [-0.3, -0.25) is 0 Å². The van der Waals surface area contributed by atoms with Crippen LogP contribution in [0.2, 0.25) is 0 Å². The molecule has 0 aliphatic carbocycles. The van der Waals surface area contributed by atoms with E-state index in [1.165, 1.54) is 33.3 Å². The van der Waals surface area contributed by atoms with Gasteiger partial charge in [-0.25, -0.2) is 4.98 Å². The van der Waals surface area contributed by atoms with E-state index in [0.29, 0.717) is 0 Å². The highest BCUT2D eigenvalue weighted by Gasteiger charge is 2.22. The van der Waals surface area contributed by atoms with Gasteiger partial charge in [0.25, 0.3) is 0 Å². The van der Waals surface area contributed by atoms with E-state index in [-0.39, 0.29) is 0 Å². The number of aryl methyl sites for hydroxylation is 2. The summed E-state index contributed by atoms with van der Waals surface area (Å²) in [6.45, 7) is 6.45. The highest BCUT2D eigenvalue weighted by Crippen LogP contribution is 2.33. The van der Waals surface area contributed by atoms with Crippen molar-refractivity contribution in [1.82, 2.24) is 9.55 Å². The fourth-order valence-electron chi connectivity index (χ4n) is 4.03. The Kier molecular flexibility index (Phi) is 3.37. The first kappa shape index (κ1) is 14.3. The van der Waals surface area contributed by atoms with Crippen molar-refractivity contribution in [2.45, 2.75) is 33.2 Å². The van der Waals surface area contributed by atoms with Crippen LogP contribution in [0.3, 0.4) is 0 Å². The number of hydrogen-bond donors (Lipinski definition) is 0. The van der Waals surface area contributed by atoms with Crippen molar-refractivity contribution in [3.63, 3.8) is 0 Å². The Labute approximate surface area is 137 Å². The predicted molar refractivity (Wildman–Crippen MR) is 96.0 cm³/mol. The lowest BCUT2D eigenvalue weighted by Gasteiger charge is -2.30. The van der Waals surface area contributed by atoms with E-state index in [1.54, 1.807) is 0 Å². The molecule has 0 N–H and O–H groups in total. The van der Waals surface area contributed by atoms with Gasteiger partial charge in [0.1, 0.15) is 0 Å². The van der Waals surface area contributed by atoms with Gasteiger partial charge in [-0.05, 0) is 42.5 Å². The molecule has 3 heterocycles. The van der Waals surface area contributed by atoms with Crippen LogP contribution in [0.25, 0.3) is 10.9 Å². The molecule has 0 fully saturated rings. The van der Waals surface area contributed by atoms with Crippen molar-refractivity contribution in [3.05, 3.63) is 58.9 Å². The van der Waals surface area contributed by atoms with Gasteiger partial charge in [0.05, 0.1) is 5.52 Å². The van der Waals surface area contributed by atoms with Crippen LogP contribution in [0.15, 0.2) is 36.5 Å². The summed E-state index contributed by atoms with van der Waals surface area (Å²) < 4.78 is 2.34. The summed E-state index contributed by atoms with van der Waals surface area (Å²) in [4.78, 5) is 7.19. The number of pyridine rings is 1. The minimum absolute atomic E-state index is 0.952. The minimum atomic E-state index is 0.952. The van der Waals surface area contributed by atoms with Crippen LogP contribution in [0.1, 0.15) is 29.3 Å². The first-order valence-electron chi connectivity index (χ1n) is 8.45. The van der Waals surface area contributed by atoms with Crippen molar-refractivity contribution in [2.75, 3.05) is 11.4 Å². The summed E-state index contributed by atoms with van der Waals surface area (Å²) in [5.74, 6) is 1.13. The fraction of sp³-hybridized carbons (Fsp3) is 0.350. The fourth-order valence-corrected chi connectivity index (χ4v) is 4.03. The molecule has 118 valence electrons. The SMILES string of the molecule is CCc1c(C)c2ccnc(N3CCc4ccccc4C3)c2n1C. The van der Waals surface area contributed by atoms with E-state index in [1.807, 2.05) is 6.20 Å². The monoisotopic (exact) mass is 305 g/mol. The molecule has 0 amide bonds. The zero-order chi connectivity index (χ0) is 16.0. The number of benzene rings is 1. The lowest BCUT2D eigenvalue weighted by molar-refractivity contribution is 0.720. The number of hydrogen-bond acceptors (Lipinski definition) is 2. The maximum absolute atomic E-state index is 4.76. The molecule has 3 nitrogen and oxygen atoms in total. The molecule has 2 aromatic heterocycles. The number of fused-ring (bicyclic) bond motifs is 2. The lowest BCUT2D eigenvalue weighted by Crippen LogP contribution is -2.31. The molecule has 0 bridgehead atoms. The van der Waals surface area contributed by atoms with Gasteiger partial charge in [0, 0.05) is 37.4 Å². The van der Waals surface area contributed by atoms with Gasteiger partial charge < -0.3 is 9.47 Å². The zero-order valence-corrected chi connectivity index (χ0v) is 14.1. The molecule has 1 aromatic carbocycles. The van der Waals surface area contributed by atoms with Crippen molar-refractivity contribution in [1.29, 1.82) is 0 Å². The van der Waals surface area contributed by atoms with Crippen LogP contribution in [0, 0.1) is 6.92 Å². The summed E-state index contributed by atoms with van der Waals surface area (Å²) in [6.07, 6.45) is 4.11. The molecule has 0 atom stereocenters. The van der Waals surface area contributed by atoms with Crippen molar-refractivity contribution < 1.29 is 0 Å². The number of anilines is 1. The van der Waals surface area contributed by atoms with E-state index in [4.69, 9.17) is 4.98 Å². The van der Waals surface area contributed by atoms with Gasteiger partial charge >= 0.3 is 0 Å². The van der Waals surface area contributed by atoms with Crippen LogP contribution < -0.4 is 4.90 Å². The molecule has 0 saturated heterocycles. The van der Waals surface area contributed by atoms with E-state index in [9.17, 15) is 0 Å². The quantitative estimate of drug-likeness (QED) is 0.713. The van der Waals surface area contributed by atoms with Gasteiger partial charge in [0.15, 0.2) is 5.82 Å². The topological polar surface area (TPSA) is 21.1 Å². The highest BCUT2D eigenvalue weighted by atomic mass is 15.2. The molecular weight excluding hydrogens is 282 g/mol. The molecule has 3 aromatic rings. The Morgan fingerprint density at radius 1 is 1.13 bits per heavy atom. The maximum Gasteiger partial charge on any atom is 0.153 e. The molecule has 0 unspecified atom stereocenters. The Morgan fingerprint density at radius 2 is 1.91 bits per heavy atom. The molecule has 1 aliphatic heterocycles. The summed E-state index contributed by atoms with van der Waals surface area (Å²) in [5, 5.41) is 1.34.